The topological polar surface area (TPSA) is 112 Å². The molecule has 9 nitrogen and oxygen atoms in total. The number of carbonyl (C=O) groups excluding carboxylic acids is 2. The second-order valence-corrected chi connectivity index (χ2v) is 10.3. The highest BCUT2D eigenvalue weighted by atomic mass is 16.5. The van der Waals surface area contributed by atoms with Crippen LogP contribution in [0.1, 0.15) is 66.9 Å². The minimum absolute atomic E-state index is 0.00410. The molecule has 2 amide bonds. The molecule has 3 atom stereocenters. The highest BCUT2D eigenvalue weighted by Crippen LogP contribution is 2.49. The van der Waals surface area contributed by atoms with Crippen molar-refractivity contribution in [3.63, 3.8) is 0 Å². The van der Waals surface area contributed by atoms with Gasteiger partial charge in [-0.05, 0) is 80.7 Å². The summed E-state index contributed by atoms with van der Waals surface area (Å²) in [4.78, 5) is 29.1. The fourth-order valence-corrected chi connectivity index (χ4v) is 5.66. The van der Waals surface area contributed by atoms with Crippen molar-refractivity contribution < 1.29 is 24.2 Å². The summed E-state index contributed by atoms with van der Waals surface area (Å²) < 4.78 is 11.8. The lowest BCUT2D eigenvalue weighted by Crippen LogP contribution is -2.39. The number of benzene rings is 2. The number of phenols is 1. The lowest BCUT2D eigenvalue weighted by molar-refractivity contribution is -0.134. The summed E-state index contributed by atoms with van der Waals surface area (Å²) in [6.07, 6.45) is 3.30. The largest absolute Gasteiger partial charge is 0.504 e. The van der Waals surface area contributed by atoms with Crippen LogP contribution >= 0.6 is 0 Å². The van der Waals surface area contributed by atoms with Crippen molar-refractivity contribution in [1.82, 2.24) is 20.9 Å². The number of hydrogen-bond acceptors (Lipinski definition) is 7. The van der Waals surface area contributed by atoms with Gasteiger partial charge >= 0.3 is 0 Å². The van der Waals surface area contributed by atoms with Crippen molar-refractivity contribution in [2.45, 2.75) is 50.2 Å². The highest BCUT2D eigenvalue weighted by molar-refractivity contribution is 5.87. The quantitative estimate of drug-likeness (QED) is 0.480. The summed E-state index contributed by atoms with van der Waals surface area (Å²) in [5.74, 6) is 0.533. The Morgan fingerprint density at radius 2 is 1.76 bits per heavy atom. The van der Waals surface area contributed by atoms with Crippen LogP contribution in [0, 0.1) is 0 Å². The number of hydrogen-bond donors (Lipinski definition) is 4. The fraction of sp³-hybridized carbons (Fsp3) is 0.517. The van der Waals surface area contributed by atoms with Crippen molar-refractivity contribution in [2.75, 3.05) is 46.4 Å². The van der Waals surface area contributed by atoms with Crippen LogP contribution in [0.25, 0.3) is 0 Å². The zero-order valence-electron chi connectivity index (χ0n) is 22.0. The van der Waals surface area contributed by atoms with Crippen LogP contribution in [-0.2, 0) is 9.59 Å². The van der Waals surface area contributed by atoms with E-state index in [1.807, 2.05) is 23.1 Å². The maximum Gasteiger partial charge on any atom is 0.234 e. The fourth-order valence-electron chi connectivity index (χ4n) is 5.66. The Balaban J connectivity index is 1.59. The highest BCUT2D eigenvalue weighted by Gasteiger charge is 2.43. The van der Waals surface area contributed by atoms with Crippen molar-refractivity contribution in [3.8, 4) is 17.2 Å². The molecule has 5 rings (SSSR count). The van der Waals surface area contributed by atoms with Crippen LogP contribution in [0.2, 0.25) is 0 Å². The van der Waals surface area contributed by atoms with Gasteiger partial charge in [0.25, 0.3) is 0 Å². The van der Waals surface area contributed by atoms with Gasteiger partial charge in [-0.25, -0.2) is 0 Å². The SMILES string of the molecule is COc1cc([C@H]2Oc3ccc4cc3[C@@H]2C(=O)N2CCCCNCCCN[C@@H]4CC(=O)NCCC2)ccc1O. The van der Waals surface area contributed by atoms with Crippen molar-refractivity contribution in [2.24, 2.45) is 0 Å². The van der Waals surface area contributed by atoms with Gasteiger partial charge in [-0.1, -0.05) is 12.1 Å². The second kappa shape index (κ2) is 12.0. The Kier molecular flexibility index (Phi) is 8.34. The molecule has 0 spiro atoms. The number of methoxy groups -OCH3 is 1. The van der Waals surface area contributed by atoms with E-state index in [0.29, 0.717) is 44.0 Å². The molecule has 0 unspecified atom stereocenters. The van der Waals surface area contributed by atoms with Crippen LogP contribution in [0.15, 0.2) is 36.4 Å². The number of nitrogens with one attached hydrogen (secondary N) is 3. The molecule has 0 fully saturated rings. The second-order valence-electron chi connectivity index (χ2n) is 10.3. The molecule has 0 radical (unpaired) electrons. The molecule has 3 aliphatic rings. The van der Waals surface area contributed by atoms with Crippen molar-refractivity contribution in [1.29, 1.82) is 0 Å². The average Bonchev–Trinajstić information content (AvgIpc) is 3.30. The van der Waals surface area contributed by atoms with E-state index in [2.05, 4.69) is 16.0 Å². The Morgan fingerprint density at radius 3 is 2.63 bits per heavy atom. The maximum atomic E-state index is 14.3. The van der Waals surface area contributed by atoms with Gasteiger partial charge in [0, 0.05) is 37.7 Å². The third-order valence-corrected chi connectivity index (χ3v) is 7.71. The predicted octanol–water partition coefficient (Wildman–Crippen LogP) is 2.76. The summed E-state index contributed by atoms with van der Waals surface area (Å²) >= 11 is 0. The Hall–Kier alpha value is -3.30. The first kappa shape index (κ1) is 26.3. The summed E-state index contributed by atoms with van der Waals surface area (Å²) in [5, 5.41) is 20.3. The Bertz CT molecular complexity index is 1160. The lowest BCUT2D eigenvalue weighted by atomic mass is 9.87. The van der Waals surface area contributed by atoms with E-state index >= 15 is 0 Å². The van der Waals surface area contributed by atoms with Gasteiger partial charge in [0.05, 0.1) is 7.11 Å². The first-order chi connectivity index (χ1) is 18.5. The van der Waals surface area contributed by atoms with Gasteiger partial charge in [-0.2, -0.15) is 0 Å². The molecule has 0 saturated heterocycles. The lowest BCUT2D eigenvalue weighted by Gasteiger charge is -2.28. The summed E-state index contributed by atoms with van der Waals surface area (Å²) in [5.41, 5.74) is 2.58. The normalized spacial score (nSPS) is 25.0. The van der Waals surface area contributed by atoms with E-state index in [1.165, 1.54) is 7.11 Å². The molecule has 9 heteroatoms. The van der Waals surface area contributed by atoms with Gasteiger partial charge in [0.1, 0.15) is 17.8 Å². The summed E-state index contributed by atoms with van der Waals surface area (Å²) in [6, 6.07) is 10.9. The first-order valence-corrected chi connectivity index (χ1v) is 13.7. The molecule has 0 saturated carbocycles. The van der Waals surface area contributed by atoms with Crippen LogP contribution in [0.5, 0.6) is 17.2 Å². The third-order valence-electron chi connectivity index (χ3n) is 7.71. The van der Waals surface area contributed by atoms with E-state index in [-0.39, 0.29) is 23.6 Å². The summed E-state index contributed by atoms with van der Waals surface area (Å²) in [6.45, 7) is 4.34. The molecule has 4 bridgehead atoms. The molecule has 3 heterocycles. The Labute approximate surface area is 223 Å². The standard InChI is InChI=1S/C29H38N4O5/c1-37-25-17-20(6-8-23(25)34)28-27-21-16-19(7-9-24(21)38-28)22-18-26(35)32-13-5-15-33(29(27)36)14-3-2-10-30-11-4-12-31-22/h6-9,16-17,22,27-28,30-31,34H,2-5,10-15,18H2,1H3,(H,32,35)/t22-,27+,28-/m1/s1. The van der Waals surface area contributed by atoms with E-state index in [1.54, 1.807) is 18.2 Å². The number of carbonyl (C=O) groups is 2. The molecule has 204 valence electrons. The smallest absolute Gasteiger partial charge is 0.234 e. The van der Waals surface area contributed by atoms with Crippen LogP contribution in [0.3, 0.4) is 0 Å². The van der Waals surface area contributed by atoms with Gasteiger partial charge in [0.2, 0.25) is 11.8 Å². The molecule has 4 N–H and O–H groups in total. The number of ether oxygens (including phenoxy) is 2. The van der Waals surface area contributed by atoms with Crippen LogP contribution < -0.4 is 25.4 Å². The van der Waals surface area contributed by atoms with E-state index in [4.69, 9.17) is 9.47 Å². The molecule has 3 aliphatic heterocycles. The van der Waals surface area contributed by atoms with E-state index in [0.717, 1.165) is 55.6 Å². The number of phenolic OH excluding ortho intramolecular Hbond substituents is 1. The number of amides is 2. The zero-order valence-corrected chi connectivity index (χ0v) is 22.0. The van der Waals surface area contributed by atoms with Crippen LogP contribution in [-0.4, -0.2) is 68.2 Å². The van der Waals surface area contributed by atoms with Crippen molar-refractivity contribution >= 4 is 11.8 Å². The number of rotatable bonds is 2. The molecule has 2 aromatic rings. The molecule has 0 aliphatic carbocycles. The van der Waals surface area contributed by atoms with E-state index in [9.17, 15) is 14.7 Å². The van der Waals surface area contributed by atoms with Gasteiger partial charge < -0.3 is 35.4 Å². The molecule has 2 aromatic carbocycles. The number of fused-ring (bicyclic) bond motifs is 1. The number of nitrogens with zero attached hydrogens (tertiary/aromatic N) is 1. The minimum Gasteiger partial charge on any atom is -0.504 e. The maximum absolute atomic E-state index is 14.3. The van der Waals surface area contributed by atoms with Crippen LogP contribution in [0.4, 0.5) is 0 Å². The summed E-state index contributed by atoms with van der Waals surface area (Å²) in [7, 11) is 1.51. The molecular weight excluding hydrogens is 484 g/mol. The molecule has 0 aromatic heterocycles. The van der Waals surface area contributed by atoms with Gasteiger partial charge in [-0.3, -0.25) is 9.59 Å². The Morgan fingerprint density at radius 1 is 0.947 bits per heavy atom. The minimum atomic E-state index is -0.554. The molecular formula is C29H38N4O5. The third kappa shape index (κ3) is 5.73. The van der Waals surface area contributed by atoms with E-state index < -0.39 is 12.0 Å². The first-order valence-electron chi connectivity index (χ1n) is 13.7. The van der Waals surface area contributed by atoms with Gasteiger partial charge in [0.15, 0.2) is 11.5 Å². The number of aromatic hydroxyl groups is 1. The average molecular weight is 523 g/mol. The van der Waals surface area contributed by atoms with Crippen molar-refractivity contribution in [3.05, 3.63) is 53.1 Å². The zero-order chi connectivity index (χ0) is 26.5. The monoisotopic (exact) mass is 522 g/mol. The predicted molar refractivity (Wildman–Crippen MR) is 143 cm³/mol. The molecule has 38 heavy (non-hydrogen) atoms. The van der Waals surface area contributed by atoms with Gasteiger partial charge in [-0.15, -0.1) is 0 Å².